The number of aromatic nitrogens is 2. The summed E-state index contributed by atoms with van der Waals surface area (Å²) in [6.07, 6.45) is 5.87. The second kappa shape index (κ2) is 8.80. The molecule has 0 unspecified atom stereocenters. The standard InChI is InChI=1S/C29H21F5N2OS/c1-37-24-13-11-21(12-14-24)23-17-26-27(29(30,31)32)28-25(15-16-35(28)38(33,34)36(26)18-23)22-9-7-20(8-10-22)19-5-3-2-4-6-19/h2-5,7-18H,6H2,1H3. The van der Waals surface area contributed by atoms with Crippen molar-refractivity contribution in [1.82, 2.24) is 7.94 Å². The lowest BCUT2D eigenvalue weighted by molar-refractivity contribution is -0.0700. The largest absolute Gasteiger partial charge is 0.497 e. The van der Waals surface area contributed by atoms with Crippen LogP contribution in [0.1, 0.15) is 12.1 Å². The third kappa shape index (κ3) is 3.89. The average molecular weight is 541 g/mol. The number of benzene rings is 2. The number of hydrogen-bond acceptors (Lipinski definition) is 1. The third-order valence-electron chi connectivity index (χ3n) is 6.76. The van der Waals surface area contributed by atoms with Crippen LogP contribution in [-0.2, 0) is 0 Å². The molecule has 2 aromatic heterocycles. The van der Waals surface area contributed by atoms with Gasteiger partial charge in [-0.1, -0.05) is 60.7 Å². The molecule has 0 spiro atoms. The van der Waals surface area contributed by atoms with Crippen LogP contribution >= 0.6 is 11.2 Å². The molecule has 38 heavy (non-hydrogen) atoms. The van der Waals surface area contributed by atoms with E-state index >= 15 is 7.77 Å². The maximum absolute atomic E-state index is 15.8. The quantitative estimate of drug-likeness (QED) is 0.256. The molecule has 1 aliphatic heterocycles. The minimum atomic E-state index is -4.87. The summed E-state index contributed by atoms with van der Waals surface area (Å²) in [6, 6.07) is 16.0. The van der Waals surface area contributed by atoms with E-state index < -0.39 is 34.0 Å². The van der Waals surface area contributed by atoms with Crippen LogP contribution in [0.2, 0.25) is 0 Å². The summed E-state index contributed by atoms with van der Waals surface area (Å²) in [7, 11) is 1.49. The Bertz CT molecular complexity index is 1820. The highest BCUT2D eigenvalue weighted by atomic mass is 32.3. The number of rotatable bonds is 2. The van der Waals surface area contributed by atoms with Gasteiger partial charge in [-0.25, -0.2) is 7.94 Å². The highest BCUT2D eigenvalue weighted by molar-refractivity contribution is 8.22. The number of alkyl halides is 3. The first-order chi connectivity index (χ1) is 18.2. The average Bonchev–Trinajstić information content (AvgIpc) is 3.55. The summed E-state index contributed by atoms with van der Waals surface area (Å²) < 4.78 is 81.6. The predicted molar refractivity (Wildman–Crippen MR) is 140 cm³/mol. The zero-order chi connectivity index (χ0) is 26.7. The first-order valence-electron chi connectivity index (χ1n) is 11.7. The number of halogens is 5. The second-order valence-electron chi connectivity index (χ2n) is 8.95. The van der Waals surface area contributed by atoms with Gasteiger partial charge in [0.15, 0.2) is 0 Å². The van der Waals surface area contributed by atoms with E-state index in [4.69, 9.17) is 4.74 Å². The van der Waals surface area contributed by atoms with Gasteiger partial charge in [0.05, 0.1) is 18.2 Å². The van der Waals surface area contributed by atoms with E-state index in [2.05, 4.69) is 0 Å². The van der Waals surface area contributed by atoms with E-state index in [1.165, 1.54) is 19.2 Å². The van der Waals surface area contributed by atoms with Crippen LogP contribution in [0.5, 0.6) is 5.75 Å². The Kier molecular flexibility index (Phi) is 5.64. The van der Waals surface area contributed by atoms with Crippen LogP contribution in [0.3, 0.4) is 0 Å². The third-order valence-corrected chi connectivity index (χ3v) is 8.31. The summed E-state index contributed by atoms with van der Waals surface area (Å²) in [5.41, 5.74) is 0.200. The molecule has 194 valence electrons. The van der Waals surface area contributed by atoms with Crippen molar-refractivity contribution in [2.45, 2.75) is 12.6 Å². The normalized spacial score (nSPS) is 16.8. The van der Waals surface area contributed by atoms with Crippen molar-refractivity contribution >= 4 is 22.3 Å². The minimum absolute atomic E-state index is 0.110. The van der Waals surface area contributed by atoms with Gasteiger partial charge in [0, 0.05) is 23.2 Å². The number of nitrogens with zero attached hydrogens (tertiary/aromatic N) is 2. The second-order valence-corrected chi connectivity index (χ2v) is 10.6. The molecule has 2 aromatic carbocycles. The first-order valence-corrected chi connectivity index (χ1v) is 13.1. The van der Waals surface area contributed by atoms with Crippen molar-refractivity contribution in [3.05, 3.63) is 124 Å². The zero-order valence-electron chi connectivity index (χ0n) is 20.0. The zero-order valence-corrected chi connectivity index (χ0v) is 20.9. The molecular weight excluding hydrogens is 519 g/mol. The monoisotopic (exact) mass is 540 g/mol. The lowest BCUT2D eigenvalue weighted by Gasteiger charge is -2.31. The number of methoxy groups -OCH3 is 1. The summed E-state index contributed by atoms with van der Waals surface area (Å²) in [4.78, 5) is 0. The van der Waals surface area contributed by atoms with Gasteiger partial charge in [-0.05, 0) is 52.3 Å². The van der Waals surface area contributed by atoms with Crippen molar-refractivity contribution in [3.8, 4) is 16.9 Å². The van der Waals surface area contributed by atoms with Gasteiger partial charge >= 0.3 is 6.18 Å². The number of ether oxygens (including phenoxy) is 1. The van der Waals surface area contributed by atoms with Gasteiger partial charge < -0.3 is 4.74 Å². The van der Waals surface area contributed by atoms with Crippen molar-refractivity contribution < 1.29 is 25.7 Å². The topological polar surface area (TPSA) is 19.1 Å². The minimum Gasteiger partial charge on any atom is -0.497 e. The van der Waals surface area contributed by atoms with Gasteiger partial charge in [0.25, 0.3) is 0 Å². The Morgan fingerprint density at radius 3 is 2.18 bits per heavy atom. The van der Waals surface area contributed by atoms with E-state index in [1.54, 1.807) is 36.4 Å². The van der Waals surface area contributed by atoms with Crippen molar-refractivity contribution in [2.24, 2.45) is 0 Å². The van der Waals surface area contributed by atoms with E-state index in [-0.39, 0.29) is 10.8 Å². The summed E-state index contributed by atoms with van der Waals surface area (Å²) in [5.74, 6) is 0.553. The van der Waals surface area contributed by atoms with Crippen molar-refractivity contribution in [3.63, 3.8) is 0 Å². The molecule has 9 heteroatoms. The lowest BCUT2D eigenvalue weighted by atomic mass is 10.0. The van der Waals surface area contributed by atoms with Gasteiger partial charge in [0.1, 0.15) is 11.3 Å². The molecule has 0 N–H and O–H groups in total. The molecule has 0 saturated heterocycles. The van der Waals surface area contributed by atoms with Gasteiger partial charge in [-0.3, -0.25) is 0 Å². The Morgan fingerprint density at radius 2 is 1.55 bits per heavy atom. The molecule has 4 aromatic rings. The Hall–Kier alpha value is -3.98. The summed E-state index contributed by atoms with van der Waals surface area (Å²) in [6.45, 7) is 0. The Balaban J connectivity index is 1.64. The number of allylic oxidation sites excluding steroid dienone is 4. The highest BCUT2D eigenvalue weighted by Gasteiger charge is 2.46. The van der Waals surface area contributed by atoms with Crippen LogP contribution in [-0.4, -0.2) is 21.2 Å². The molecule has 3 nitrogen and oxygen atoms in total. The molecule has 2 aliphatic rings. The van der Waals surface area contributed by atoms with Gasteiger partial charge in [-0.15, -0.1) is 7.77 Å². The lowest BCUT2D eigenvalue weighted by Crippen LogP contribution is -2.35. The summed E-state index contributed by atoms with van der Waals surface area (Å²) >= 11 is -4.84. The van der Waals surface area contributed by atoms with E-state index in [1.807, 2.05) is 36.4 Å². The predicted octanol–water partition coefficient (Wildman–Crippen LogP) is 6.79. The van der Waals surface area contributed by atoms with E-state index in [0.717, 1.165) is 29.6 Å². The van der Waals surface area contributed by atoms with Gasteiger partial charge in [0.2, 0.25) is 11.2 Å². The van der Waals surface area contributed by atoms with Crippen LogP contribution in [0, 0.1) is 10.4 Å². The van der Waals surface area contributed by atoms with Crippen LogP contribution in [0.25, 0.3) is 22.3 Å². The molecular formula is C29H21F5N2OS. The fraction of sp³-hybridized carbons (Fsp3) is 0.103. The molecule has 0 bridgehead atoms. The molecule has 0 amide bonds. The fourth-order valence-electron chi connectivity index (χ4n) is 4.91. The molecule has 0 fully saturated rings. The molecule has 6 rings (SSSR count). The first kappa shape index (κ1) is 24.4. The Morgan fingerprint density at radius 1 is 0.842 bits per heavy atom. The molecule has 3 heterocycles. The number of fused-ring (bicyclic) bond motifs is 2. The smallest absolute Gasteiger partial charge is 0.420 e. The van der Waals surface area contributed by atoms with Crippen molar-refractivity contribution in [2.75, 3.05) is 7.11 Å². The van der Waals surface area contributed by atoms with E-state index in [0.29, 0.717) is 24.5 Å². The maximum atomic E-state index is 15.8. The molecule has 1 aliphatic carbocycles. The fourth-order valence-corrected chi connectivity index (χ4v) is 6.34. The Labute approximate surface area is 216 Å². The SMILES string of the molecule is COc1ccc(-c2cc3n(c2)S(F)(F)n2ccc(=c4ccc(=C5C=CC=CC5)cc4)c2=C3C(F)(F)F)cc1. The molecule has 0 radical (unpaired) electrons. The summed E-state index contributed by atoms with van der Waals surface area (Å²) in [5, 5.41) is 0.950. The van der Waals surface area contributed by atoms with E-state index in [9.17, 15) is 13.2 Å². The van der Waals surface area contributed by atoms with Crippen molar-refractivity contribution in [1.29, 1.82) is 0 Å². The van der Waals surface area contributed by atoms with Crippen LogP contribution in [0.4, 0.5) is 20.9 Å². The highest BCUT2D eigenvalue weighted by Crippen LogP contribution is 2.58. The molecule has 0 saturated carbocycles. The van der Waals surface area contributed by atoms with Gasteiger partial charge in [-0.2, -0.15) is 13.2 Å². The van der Waals surface area contributed by atoms with Crippen LogP contribution in [0.15, 0.2) is 97.4 Å². The molecule has 0 atom stereocenters. The van der Waals surface area contributed by atoms with Crippen LogP contribution < -0.4 is 15.3 Å². The maximum Gasteiger partial charge on any atom is 0.420 e. The number of hydrogen-bond donors (Lipinski definition) is 0.